The van der Waals surface area contributed by atoms with Crippen molar-refractivity contribution in [2.45, 2.75) is 6.92 Å². The van der Waals surface area contributed by atoms with Crippen molar-refractivity contribution in [3.8, 4) is 0 Å². The highest BCUT2D eigenvalue weighted by atomic mass is 35.5. The van der Waals surface area contributed by atoms with E-state index in [0.717, 1.165) is 70.5 Å². The predicted molar refractivity (Wildman–Crippen MR) is 105 cm³/mol. The molecule has 2 heterocycles. The van der Waals surface area contributed by atoms with E-state index in [1.54, 1.807) is 0 Å². The van der Waals surface area contributed by atoms with Crippen molar-refractivity contribution in [2.75, 3.05) is 77.0 Å². The van der Waals surface area contributed by atoms with Crippen LogP contribution in [0.5, 0.6) is 0 Å². The van der Waals surface area contributed by atoms with Crippen molar-refractivity contribution in [2.24, 2.45) is 0 Å². The molecule has 7 heteroatoms. The summed E-state index contributed by atoms with van der Waals surface area (Å²) >= 11 is 6.10. The van der Waals surface area contributed by atoms with Crippen LogP contribution in [0.2, 0.25) is 5.02 Å². The predicted octanol–water partition coefficient (Wildman–Crippen LogP) is 2.24. The van der Waals surface area contributed by atoms with Crippen molar-refractivity contribution in [1.29, 1.82) is 0 Å². The van der Waals surface area contributed by atoms with Crippen LogP contribution in [0.25, 0.3) is 0 Å². The van der Waals surface area contributed by atoms with Crippen LogP contribution in [0.1, 0.15) is 6.92 Å². The number of hydrogen-bond donors (Lipinski definition) is 0. The SMILES string of the molecule is CCOC(=O)N1CCN(CCN2CCN(c3cccc(Cl)c3)CC2)CC1. The van der Waals surface area contributed by atoms with Gasteiger partial charge in [-0.25, -0.2) is 4.79 Å². The first-order valence-electron chi connectivity index (χ1n) is 9.52. The molecule has 0 aromatic heterocycles. The summed E-state index contributed by atoms with van der Waals surface area (Å²) < 4.78 is 5.07. The van der Waals surface area contributed by atoms with Crippen LogP contribution in [-0.2, 0) is 4.74 Å². The van der Waals surface area contributed by atoms with Gasteiger partial charge in [-0.3, -0.25) is 9.80 Å². The normalized spacial score (nSPS) is 19.6. The number of benzene rings is 1. The topological polar surface area (TPSA) is 39.3 Å². The van der Waals surface area contributed by atoms with Gasteiger partial charge in [0, 0.05) is 76.2 Å². The number of anilines is 1. The number of carbonyl (C=O) groups excluding carboxylic acids is 1. The second kappa shape index (κ2) is 9.44. The van der Waals surface area contributed by atoms with Crippen LogP contribution in [-0.4, -0.2) is 92.8 Å². The van der Waals surface area contributed by atoms with Gasteiger partial charge in [0.2, 0.25) is 0 Å². The molecule has 26 heavy (non-hydrogen) atoms. The summed E-state index contributed by atoms with van der Waals surface area (Å²) in [5.74, 6) is 0. The molecule has 0 spiro atoms. The number of hydrogen-bond acceptors (Lipinski definition) is 5. The lowest BCUT2D eigenvalue weighted by Crippen LogP contribution is -2.52. The Morgan fingerprint density at radius 3 is 2.19 bits per heavy atom. The monoisotopic (exact) mass is 380 g/mol. The molecule has 1 aromatic carbocycles. The zero-order valence-electron chi connectivity index (χ0n) is 15.6. The second-order valence-electron chi connectivity index (χ2n) is 6.84. The van der Waals surface area contributed by atoms with Gasteiger partial charge in [-0.2, -0.15) is 0 Å². The van der Waals surface area contributed by atoms with Crippen molar-refractivity contribution >= 4 is 23.4 Å². The molecule has 0 bridgehead atoms. The lowest BCUT2D eigenvalue weighted by molar-refractivity contribution is 0.0760. The highest BCUT2D eigenvalue weighted by Crippen LogP contribution is 2.20. The van der Waals surface area contributed by atoms with E-state index < -0.39 is 0 Å². The molecule has 144 valence electrons. The molecule has 0 atom stereocenters. The highest BCUT2D eigenvalue weighted by Gasteiger charge is 2.23. The molecule has 0 unspecified atom stereocenters. The zero-order valence-corrected chi connectivity index (χ0v) is 16.3. The van der Waals surface area contributed by atoms with Gasteiger partial charge in [0.1, 0.15) is 0 Å². The maximum absolute atomic E-state index is 11.7. The fourth-order valence-corrected chi connectivity index (χ4v) is 3.74. The Morgan fingerprint density at radius 2 is 1.62 bits per heavy atom. The fourth-order valence-electron chi connectivity index (χ4n) is 3.55. The van der Waals surface area contributed by atoms with Gasteiger partial charge >= 0.3 is 6.09 Å². The van der Waals surface area contributed by atoms with E-state index in [1.165, 1.54) is 5.69 Å². The summed E-state index contributed by atoms with van der Waals surface area (Å²) in [7, 11) is 0. The minimum absolute atomic E-state index is 0.177. The van der Waals surface area contributed by atoms with Crippen LogP contribution in [0.3, 0.4) is 0 Å². The first kappa shape index (κ1) is 19.3. The Labute approximate surface area is 161 Å². The minimum Gasteiger partial charge on any atom is -0.450 e. The van der Waals surface area contributed by atoms with Crippen LogP contribution >= 0.6 is 11.6 Å². The second-order valence-corrected chi connectivity index (χ2v) is 7.27. The molecule has 0 N–H and O–H groups in total. The summed E-state index contributed by atoms with van der Waals surface area (Å²) in [4.78, 5) is 20.9. The summed E-state index contributed by atoms with van der Waals surface area (Å²) in [6.45, 7) is 12.1. The highest BCUT2D eigenvalue weighted by molar-refractivity contribution is 6.30. The number of halogens is 1. The fraction of sp³-hybridized carbons (Fsp3) is 0.632. The molecule has 1 aromatic rings. The average Bonchev–Trinajstić information content (AvgIpc) is 2.67. The van der Waals surface area contributed by atoms with Gasteiger partial charge in [-0.05, 0) is 25.1 Å². The number of amides is 1. The lowest BCUT2D eigenvalue weighted by atomic mass is 10.2. The minimum atomic E-state index is -0.177. The van der Waals surface area contributed by atoms with Crippen LogP contribution in [0, 0.1) is 0 Å². The maximum Gasteiger partial charge on any atom is 0.409 e. The van der Waals surface area contributed by atoms with Gasteiger partial charge in [-0.15, -0.1) is 0 Å². The van der Waals surface area contributed by atoms with Crippen molar-refractivity contribution in [3.05, 3.63) is 29.3 Å². The Bertz CT molecular complexity index is 585. The molecule has 2 aliphatic rings. The first-order valence-corrected chi connectivity index (χ1v) is 9.90. The lowest BCUT2D eigenvalue weighted by Gasteiger charge is -2.38. The van der Waals surface area contributed by atoms with E-state index in [4.69, 9.17) is 16.3 Å². The van der Waals surface area contributed by atoms with Gasteiger partial charge in [0.05, 0.1) is 6.61 Å². The molecule has 0 radical (unpaired) electrons. The van der Waals surface area contributed by atoms with Crippen LogP contribution in [0.4, 0.5) is 10.5 Å². The summed E-state index contributed by atoms with van der Waals surface area (Å²) in [5, 5.41) is 0.798. The molecule has 0 aliphatic carbocycles. The van der Waals surface area contributed by atoms with Crippen LogP contribution in [0.15, 0.2) is 24.3 Å². The molecule has 2 fully saturated rings. The van der Waals surface area contributed by atoms with E-state index in [2.05, 4.69) is 20.8 Å². The molecule has 1 amide bonds. The van der Waals surface area contributed by atoms with Gasteiger partial charge in [-0.1, -0.05) is 17.7 Å². The smallest absolute Gasteiger partial charge is 0.409 e. The summed E-state index contributed by atoms with van der Waals surface area (Å²) in [5.41, 5.74) is 1.22. The third-order valence-electron chi connectivity index (χ3n) is 5.18. The largest absolute Gasteiger partial charge is 0.450 e. The van der Waals surface area contributed by atoms with E-state index in [-0.39, 0.29) is 6.09 Å². The van der Waals surface area contributed by atoms with Gasteiger partial charge in [0.15, 0.2) is 0 Å². The zero-order chi connectivity index (χ0) is 18.4. The Kier molecular flexibility index (Phi) is 7.00. The number of rotatable bonds is 5. The number of carbonyl (C=O) groups is 1. The molecule has 2 saturated heterocycles. The van der Waals surface area contributed by atoms with E-state index in [0.29, 0.717) is 6.61 Å². The molecule has 0 saturated carbocycles. The summed E-state index contributed by atoms with van der Waals surface area (Å²) in [6.07, 6.45) is -0.177. The molecule has 2 aliphatic heterocycles. The van der Waals surface area contributed by atoms with Crippen molar-refractivity contribution < 1.29 is 9.53 Å². The Balaban J connectivity index is 1.35. The Morgan fingerprint density at radius 1 is 1.00 bits per heavy atom. The number of ether oxygens (including phenoxy) is 1. The molecule has 6 nitrogen and oxygen atoms in total. The van der Waals surface area contributed by atoms with Crippen LogP contribution < -0.4 is 4.90 Å². The third kappa shape index (κ3) is 5.25. The van der Waals surface area contributed by atoms with Crippen molar-refractivity contribution in [3.63, 3.8) is 0 Å². The van der Waals surface area contributed by atoms with Crippen molar-refractivity contribution in [1.82, 2.24) is 14.7 Å². The number of piperazine rings is 2. The maximum atomic E-state index is 11.7. The summed E-state index contributed by atoms with van der Waals surface area (Å²) in [6, 6.07) is 8.10. The molecular formula is C19H29ClN4O2. The molecule has 3 rings (SSSR count). The quantitative estimate of drug-likeness (QED) is 0.783. The Hall–Kier alpha value is -1.50. The van der Waals surface area contributed by atoms with Gasteiger partial charge < -0.3 is 14.5 Å². The van der Waals surface area contributed by atoms with E-state index in [9.17, 15) is 4.79 Å². The van der Waals surface area contributed by atoms with E-state index in [1.807, 2.05) is 30.0 Å². The number of nitrogens with zero attached hydrogens (tertiary/aromatic N) is 4. The first-order chi connectivity index (χ1) is 12.7. The standard InChI is InChI=1S/C19H29ClN4O2/c1-2-26-19(25)24-14-10-22(11-15-24)7-6-21-8-12-23(13-9-21)18-5-3-4-17(20)16-18/h3-5,16H,2,6-15H2,1H3. The molecular weight excluding hydrogens is 352 g/mol. The van der Waals surface area contributed by atoms with E-state index >= 15 is 0 Å². The third-order valence-corrected chi connectivity index (χ3v) is 5.41. The van der Waals surface area contributed by atoms with Gasteiger partial charge in [0.25, 0.3) is 0 Å². The average molecular weight is 381 g/mol.